The quantitative estimate of drug-likeness (QED) is 0.267. The monoisotopic (exact) mass is 586 g/mol. The molecule has 4 aliphatic rings. The first kappa shape index (κ1) is 30.3. The summed E-state index contributed by atoms with van der Waals surface area (Å²) in [6.07, 6.45) is -7.27. The zero-order valence-electron chi connectivity index (χ0n) is 24.6. The number of carbonyl (C=O) groups is 4. The number of aliphatic hydroxyl groups is 3. The lowest BCUT2D eigenvalue weighted by molar-refractivity contribution is -0.345. The molecule has 11 heteroatoms. The van der Waals surface area contributed by atoms with E-state index >= 15 is 0 Å². The second kappa shape index (κ2) is 9.97. The molecule has 1 heterocycles. The molecular weight excluding hydrogens is 548 g/mol. The van der Waals surface area contributed by atoms with Gasteiger partial charge >= 0.3 is 17.9 Å². The van der Waals surface area contributed by atoms with Gasteiger partial charge in [0.25, 0.3) is 0 Å². The number of ether oxygens (including phenoxy) is 4. The summed E-state index contributed by atoms with van der Waals surface area (Å²) in [5, 5.41) is 35.8. The highest BCUT2D eigenvalue weighted by atomic mass is 16.6. The molecule has 2 saturated carbocycles. The van der Waals surface area contributed by atoms with Crippen LogP contribution in [0.15, 0.2) is 41.5 Å². The minimum Gasteiger partial charge on any atom is -0.455 e. The third-order valence-electron chi connectivity index (χ3n) is 10.2. The van der Waals surface area contributed by atoms with Gasteiger partial charge in [0.05, 0.1) is 35.7 Å². The van der Waals surface area contributed by atoms with Crippen LogP contribution in [0.4, 0.5) is 0 Å². The van der Waals surface area contributed by atoms with Gasteiger partial charge in [-0.05, 0) is 37.1 Å². The molecule has 11 nitrogen and oxygen atoms in total. The Morgan fingerprint density at radius 2 is 1.64 bits per heavy atom. The number of hydrogen-bond acceptors (Lipinski definition) is 11. The van der Waals surface area contributed by atoms with Crippen molar-refractivity contribution < 1.29 is 53.4 Å². The maximum atomic E-state index is 14.8. The van der Waals surface area contributed by atoms with Crippen molar-refractivity contribution in [3.63, 3.8) is 0 Å². The smallest absolute Gasteiger partial charge is 0.338 e. The van der Waals surface area contributed by atoms with Crippen LogP contribution in [0.5, 0.6) is 0 Å². The molecule has 42 heavy (non-hydrogen) atoms. The van der Waals surface area contributed by atoms with E-state index in [-0.39, 0.29) is 30.6 Å². The molecule has 0 spiro atoms. The van der Waals surface area contributed by atoms with Crippen LogP contribution >= 0.6 is 0 Å². The molecule has 9 atom stereocenters. The van der Waals surface area contributed by atoms with Gasteiger partial charge in [0.2, 0.25) is 0 Å². The van der Waals surface area contributed by atoms with Gasteiger partial charge in [-0.25, -0.2) is 4.79 Å². The zero-order chi connectivity index (χ0) is 31.0. The van der Waals surface area contributed by atoms with Crippen LogP contribution in [0.1, 0.15) is 64.7 Å². The molecule has 1 aliphatic heterocycles. The fourth-order valence-electron chi connectivity index (χ4n) is 7.91. The Morgan fingerprint density at radius 3 is 2.19 bits per heavy atom. The number of fused-ring (bicyclic) bond motifs is 5. The van der Waals surface area contributed by atoms with Crippen LogP contribution in [-0.2, 0) is 33.3 Å². The summed E-state index contributed by atoms with van der Waals surface area (Å²) in [5.41, 5.74) is -6.38. The lowest BCUT2D eigenvalue weighted by atomic mass is 9.44. The van der Waals surface area contributed by atoms with E-state index in [0.29, 0.717) is 5.57 Å². The molecule has 3 fully saturated rings. The summed E-state index contributed by atoms with van der Waals surface area (Å²) in [6, 6.07) is 8.05. The molecule has 0 amide bonds. The van der Waals surface area contributed by atoms with Gasteiger partial charge in [-0.1, -0.05) is 32.0 Å². The maximum absolute atomic E-state index is 14.8. The Bertz CT molecular complexity index is 1350. The number of carbonyl (C=O) groups excluding carboxylic acids is 4. The van der Waals surface area contributed by atoms with Crippen molar-refractivity contribution in [2.45, 2.75) is 96.1 Å². The minimum absolute atomic E-state index is 0.110. The largest absolute Gasteiger partial charge is 0.455 e. The number of hydrogen-bond donors (Lipinski definition) is 3. The van der Waals surface area contributed by atoms with E-state index in [4.69, 9.17) is 18.9 Å². The van der Waals surface area contributed by atoms with E-state index in [1.807, 2.05) is 0 Å². The van der Waals surface area contributed by atoms with E-state index in [0.717, 1.165) is 6.92 Å². The predicted octanol–water partition coefficient (Wildman–Crippen LogP) is 1.65. The molecule has 228 valence electrons. The summed E-state index contributed by atoms with van der Waals surface area (Å²) in [7, 11) is 0. The van der Waals surface area contributed by atoms with Gasteiger partial charge in [-0.2, -0.15) is 0 Å². The van der Waals surface area contributed by atoms with E-state index in [9.17, 15) is 34.5 Å². The molecule has 0 radical (unpaired) electrons. The first-order chi connectivity index (χ1) is 19.5. The highest BCUT2D eigenvalue weighted by Gasteiger charge is 2.78. The van der Waals surface area contributed by atoms with Crippen LogP contribution in [0, 0.1) is 16.7 Å². The summed E-state index contributed by atoms with van der Waals surface area (Å²) in [5.74, 6) is -4.41. The van der Waals surface area contributed by atoms with Gasteiger partial charge in [-0.3, -0.25) is 14.4 Å². The van der Waals surface area contributed by atoms with Gasteiger partial charge in [0, 0.05) is 32.1 Å². The van der Waals surface area contributed by atoms with Crippen molar-refractivity contribution in [1.29, 1.82) is 0 Å². The average Bonchev–Trinajstić information content (AvgIpc) is 2.90. The van der Waals surface area contributed by atoms with Gasteiger partial charge in [0.15, 0.2) is 17.5 Å². The molecule has 3 N–H and O–H groups in total. The van der Waals surface area contributed by atoms with E-state index in [1.165, 1.54) is 26.0 Å². The number of rotatable bonds is 4. The normalized spacial score (nSPS) is 40.4. The molecule has 5 rings (SSSR count). The first-order valence-corrected chi connectivity index (χ1v) is 14.1. The molecule has 1 saturated heterocycles. The lowest BCUT2D eigenvalue weighted by Gasteiger charge is -2.67. The highest BCUT2D eigenvalue weighted by Crippen LogP contribution is 2.64. The average molecular weight is 587 g/mol. The number of ketones is 1. The fraction of sp³-hybridized carbons (Fsp3) is 0.613. The molecule has 3 aliphatic carbocycles. The fourth-order valence-corrected chi connectivity index (χ4v) is 7.91. The van der Waals surface area contributed by atoms with Crippen molar-refractivity contribution in [3.8, 4) is 0 Å². The summed E-state index contributed by atoms with van der Waals surface area (Å²) in [6.45, 7) is 8.42. The first-order valence-electron chi connectivity index (χ1n) is 14.1. The Balaban J connectivity index is 1.84. The van der Waals surface area contributed by atoms with Crippen molar-refractivity contribution in [1.82, 2.24) is 0 Å². The Labute approximate surface area is 243 Å². The number of benzene rings is 1. The van der Waals surface area contributed by atoms with Crippen molar-refractivity contribution >= 4 is 23.7 Å². The maximum Gasteiger partial charge on any atom is 0.338 e. The van der Waals surface area contributed by atoms with E-state index in [1.54, 1.807) is 39.0 Å². The SMILES string of the molecule is CC(=O)O[C@H]1C(=O)[C@@]2(C)[C@H]([C@H](OC(=O)c3ccccc3)C3(O)C[C@H](O)C(C)=C1C3(C)C)[C@]1(OC(C)=O)CO[C@@H]1C[C@@H]2O. The predicted molar refractivity (Wildman–Crippen MR) is 145 cm³/mol. The van der Waals surface area contributed by atoms with Gasteiger partial charge in [0.1, 0.15) is 17.8 Å². The van der Waals surface area contributed by atoms with Gasteiger partial charge < -0.3 is 34.3 Å². The van der Waals surface area contributed by atoms with Crippen LogP contribution in [0.2, 0.25) is 0 Å². The second-order valence-electron chi connectivity index (χ2n) is 12.8. The summed E-state index contributed by atoms with van der Waals surface area (Å²) in [4.78, 5) is 53.4. The Kier molecular flexibility index (Phi) is 7.20. The molecule has 1 aromatic rings. The number of Topliss-reactive ketones (excluding diaryl/α,β-unsaturated/α-hetero) is 1. The number of aliphatic hydroxyl groups excluding tert-OH is 2. The molecule has 1 aromatic carbocycles. The van der Waals surface area contributed by atoms with Crippen molar-refractivity contribution in [3.05, 3.63) is 47.0 Å². The topological polar surface area (TPSA) is 166 Å². The highest BCUT2D eigenvalue weighted by molar-refractivity contribution is 5.95. The summed E-state index contributed by atoms with van der Waals surface area (Å²) >= 11 is 0. The third-order valence-corrected chi connectivity index (χ3v) is 10.2. The second-order valence-corrected chi connectivity index (χ2v) is 12.8. The van der Waals surface area contributed by atoms with Crippen LogP contribution in [0.25, 0.3) is 0 Å². The van der Waals surface area contributed by atoms with Crippen molar-refractivity contribution in [2.75, 3.05) is 6.61 Å². The lowest BCUT2D eigenvalue weighted by Crippen LogP contribution is -2.81. The van der Waals surface area contributed by atoms with E-state index in [2.05, 4.69) is 0 Å². The van der Waals surface area contributed by atoms with Crippen LogP contribution < -0.4 is 0 Å². The Morgan fingerprint density at radius 1 is 1.00 bits per heavy atom. The minimum atomic E-state index is -2.11. The van der Waals surface area contributed by atoms with Crippen LogP contribution in [-0.4, -0.2) is 87.3 Å². The van der Waals surface area contributed by atoms with E-state index < -0.39 is 82.2 Å². The number of esters is 3. The molecular formula is C31H38O11. The summed E-state index contributed by atoms with van der Waals surface area (Å²) < 4.78 is 23.5. The van der Waals surface area contributed by atoms with Crippen molar-refractivity contribution in [2.24, 2.45) is 16.7 Å². The molecule has 2 bridgehead atoms. The third kappa shape index (κ3) is 4.08. The molecule has 0 aromatic heterocycles. The zero-order valence-corrected chi connectivity index (χ0v) is 24.6. The standard InChI is InChI=1S/C31H38O11/c1-15-19(34)13-31(38)26(41-27(37)18-10-8-7-9-11-18)24-29(6,20(35)12-21-30(24,14-39-21)42-17(3)33)25(36)23(40-16(2)32)22(15)28(31,4)5/h7-11,19-21,23-24,26,34-35,38H,12-14H2,1-6H3/t19-,20-,21+,23+,24-,26-,29+,30-,31?/m0/s1. The van der Waals surface area contributed by atoms with Crippen LogP contribution in [0.3, 0.4) is 0 Å². The molecule has 1 unspecified atom stereocenters. The Hall–Kier alpha value is -3.12. The van der Waals surface area contributed by atoms with Gasteiger partial charge in [-0.15, -0.1) is 0 Å².